The molecule has 0 radical (unpaired) electrons. The first kappa shape index (κ1) is 18.6. The Kier molecular flexibility index (Phi) is 6.19. The molecule has 0 saturated carbocycles. The molecule has 8 heteroatoms. The molecule has 0 amide bonds. The van der Waals surface area contributed by atoms with Gasteiger partial charge in [-0.3, -0.25) is 0 Å². The van der Waals surface area contributed by atoms with Gasteiger partial charge in [0, 0.05) is 6.54 Å². The maximum absolute atomic E-state index is 5.88. The molecule has 2 aromatic carbocycles. The number of nitrogens with one attached hydrogen (secondary N) is 1. The molecule has 0 aliphatic rings. The fourth-order valence-electron chi connectivity index (χ4n) is 2.54. The lowest BCUT2D eigenvalue weighted by Crippen LogP contribution is -3.00. The van der Waals surface area contributed by atoms with Gasteiger partial charge in [-0.25, -0.2) is 0 Å². The summed E-state index contributed by atoms with van der Waals surface area (Å²) in [5.41, 5.74) is 1.93. The fourth-order valence-corrected chi connectivity index (χ4v) is 2.54. The van der Waals surface area contributed by atoms with Crippen molar-refractivity contribution < 1.29 is 21.6 Å². The summed E-state index contributed by atoms with van der Waals surface area (Å²) >= 11 is 0. The van der Waals surface area contributed by atoms with E-state index in [0.717, 1.165) is 17.0 Å². The van der Waals surface area contributed by atoms with Crippen molar-refractivity contribution in [3.8, 4) is 17.4 Å². The van der Waals surface area contributed by atoms with Crippen LogP contribution in [0.5, 0.6) is 11.8 Å². The quantitative estimate of drug-likeness (QED) is 0.496. The van der Waals surface area contributed by atoms with E-state index in [9.17, 15) is 0 Å². The van der Waals surface area contributed by atoms with Crippen LogP contribution in [0.25, 0.3) is 5.69 Å². The first-order valence-electron chi connectivity index (χ1n) is 8.22. The average Bonchev–Trinajstić information content (AvgIpc) is 3.35. The van der Waals surface area contributed by atoms with Gasteiger partial charge in [-0.15, -0.1) is 0 Å². The van der Waals surface area contributed by atoms with Gasteiger partial charge in [0.2, 0.25) is 0 Å². The van der Waals surface area contributed by atoms with E-state index in [1.165, 1.54) is 0 Å². The average molecular weight is 383 g/mol. The second-order valence-corrected chi connectivity index (χ2v) is 5.64. The van der Waals surface area contributed by atoms with Gasteiger partial charge in [-0.05, 0) is 52.4 Å². The van der Waals surface area contributed by atoms with Crippen molar-refractivity contribution in [3.63, 3.8) is 0 Å². The Morgan fingerprint density at radius 3 is 2.67 bits per heavy atom. The van der Waals surface area contributed by atoms with E-state index >= 15 is 0 Å². The summed E-state index contributed by atoms with van der Waals surface area (Å²) in [6.07, 6.45) is 1.67. The molecular formula is C19H17ClN5O2-. The largest absolute Gasteiger partial charge is 1.00 e. The Labute approximate surface area is 162 Å². The van der Waals surface area contributed by atoms with Gasteiger partial charge < -0.3 is 26.9 Å². The lowest BCUT2D eigenvalue weighted by atomic mass is 10.2. The molecule has 4 rings (SSSR count). The molecule has 0 bridgehead atoms. The minimum Gasteiger partial charge on any atom is -1.00 e. The molecule has 0 atom stereocenters. The number of para-hydroxylation sites is 1. The number of tetrazole rings is 1. The van der Waals surface area contributed by atoms with Crippen LogP contribution < -0.4 is 22.5 Å². The fraction of sp³-hybridized carbons (Fsp3) is 0.105. The molecule has 2 heterocycles. The molecule has 0 aliphatic heterocycles. The molecule has 27 heavy (non-hydrogen) atoms. The minimum atomic E-state index is 0. The Morgan fingerprint density at radius 2 is 1.85 bits per heavy atom. The lowest BCUT2D eigenvalue weighted by molar-refractivity contribution is -0.00000655. The Morgan fingerprint density at radius 1 is 0.963 bits per heavy atom. The van der Waals surface area contributed by atoms with Crippen molar-refractivity contribution in [2.24, 2.45) is 0 Å². The summed E-state index contributed by atoms with van der Waals surface area (Å²) in [4.78, 5) is 0. The van der Waals surface area contributed by atoms with Crippen molar-refractivity contribution in [3.05, 3.63) is 84.3 Å². The van der Waals surface area contributed by atoms with E-state index in [-0.39, 0.29) is 12.4 Å². The number of aromatic nitrogens is 4. The maximum Gasteiger partial charge on any atom is 0.345 e. The Bertz CT molecular complexity index is 957. The van der Waals surface area contributed by atoms with Crippen molar-refractivity contribution in [1.29, 1.82) is 0 Å². The number of hydrogen-bond acceptors (Lipinski definition) is 6. The van der Waals surface area contributed by atoms with Crippen LogP contribution in [0.1, 0.15) is 11.3 Å². The van der Waals surface area contributed by atoms with Crippen LogP contribution in [0, 0.1) is 0 Å². The molecule has 2 aromatic heterocycles. The number of nitrogens with zero attached hydrogens (tertiary/aromatic N) is 4. The minimum absolute atomic E-state index is 0. The molecule has 138 valence electrons. The van der Waals surface area contributed by atoms with Crippen LogP contribution >= 0.6 is 0 Å². The normalized spacial score (nSPS) is 10.4. The van der Waals surface area contributed by atoms with E-state index in [1.807, 2.05) is 66.7 Å². The van der Waals surface area contributed by atoms with Crippen molar-refractivity contribution >= 4 is 0 Å². The summed E-state index contributed by atoms with van der Waals surface area (Å²) in [6.45, 7) is 1.37. The van der Waals surface area contributed by atoms with Crippen LogP contribution in [0.15, 0.2) is 77.4 Å². The third-order valence-electron chi connectivity index (χ3n) is 3.76. The molecule has 0 aliphatic carbocycles. The van der Waals surface area contributed by atoms with Crippen LogP contribution in [-0.4, -0.2) is 20.2 Å². The van der Waals surface area contributed by atoms with E-state index in [4.69, 9.17) is 9.15 Å². The Balaban J connectivity index is 0.00000210. The zero-order valence-electron chi connectivity index (χ0n) is 14.3. The van der Waals surface area contributed by atoms with Crippen LogP contribution in [0.2, 0.25) is 0 Å². The van der Waals surface area contributed by atoms with Crippen LogP contribution in [-0.2, 0) is 13.1 Å². The van der Waals surface area contributed by atoms with E-state index in [2.05, 4.69) is 20.8 Å². The van der Waals surface area contributed by atoms with Gasteiger partial charge in [0.1, 0.15) is 11.5 Å². The summed E-state index contributed by atoms with van der Waals surface area (Å²) in [5, 5.41) is 15.0. The summed E-state index contributed by atoms with van der Waals surface area (Å²) in [5.74, 6) is 1.58. The third-order valence-corrected chi connectivity index (χ3v) is 3.76. The van der Waals surface area contributed by atoms with Gasteiger partial charge in [-0.1, -0.05) is 35.4 Å². The van der Waals surface area contributed by atoms with E-state index in [1.54, 1.807) is 10.9 Å². The molecule has 0 fully saturated rings. The highest BCUT2D eigenvalue weighted by molar-refractivity contribution is 5.34. The molecule has 4 aromatic rings. The zero-order valence-corrected chi connectivity index (χ0v) is 15.1. The number of benzene rings is 2. The van der Waals surface area contributed by atoms with Gasteiger partial charge >= 0.3 is 6.01 Å². The molecule has 0 saturated heterocycles. The van der Waals surface area contributed by atoms with Gasteiger partial charge in [0.05, 0.1) is 18.5 Å². The smallest absolute Gasteiger partial charge is 0.345 e. The number of halogens is 1. The van der Waals surface area contributed by atoms with Gasteiger partial charge in [-0.2, -0.15) is 4.68 Å². The SMILES string of the molecule is [Cl-].c1ccc(-n2nnnc2Oc2cccc(CNCc3ccco3)c2)cc1. The highest BCUT2D eigenvalue weighted by atomic mass is 35.5. The summed E-state index contributed by atoms with van der Waals surface area (Å²) in [6, 6.07) is 21.6. The predicted molar refractivity (Wildman–Crippen MR) is 94.9 cm³/mol. The second kappa shape index (κ2) is 8.98. The maximum atomic E-state index is 5.88. The molecule has 0 unspecified atom stereocenters. The number of rotatable bonds is 7. The molecule has 1 N–H and O–H groups in total. The first-order chi connectivity index (χ1) is 12.9. The monoisotopic (exact) mass is 382 g/mol. The van der Waals surface area contributed by atoms with Gasteiger partial charge in [0.15, 0.2) is 0 Å². The molecule has 7 nitrogen and oxygen atoms in total. The highest BCUT2D eigenvalue weighted by Gasteiger charge is 2.10. The second-order valence-electron chi connectivity index (χ2n) is 5.64. The Hall–Kier alpha value is -3.16. The highest BCUT2D eigenvalue weighted by Crippen LogP contribution is 2.22. The molecular weight excluding hydrogens is 366 g/mol. The molecule has 0 spiro atoms. The van der Waals surface area contributed by atoms with Crippen LogP contribution in [0.3, 0.4) is 0 Å². The van der Waals surface area contributed by atoms with Crippen molar-refractivity contribution in [1.82, 2.24) is 25.5 Å². The zero-order chi connectivity index (χ0) is 17.6. The number of hydrogen-bond donors (Lipinski definition) is 1. The van der Waals surface area contributed by atoms with E-state index in [0.29, 0.717) is 24.8 Å². The van der Waals surface area contributed by atoms with Gasteiger partial charge in [0.25, 0.3) is 0 Å². The third kappa shape index (κ3) is 4.72. The summed E-state index contributed by atoms with van der Waals surface area (Å²) < 4.78 is 12.7. The lowest BCUT2D eigenvalue weighted by Gasteiger charge is -2.08. The van der Waals surface area contributed by atoms with E-state index < -0.39 is 0 Å². The van der Waals surface area contributed by atoms with Crippen LogP contribution in [0.4, 0.5) is 0 Å². The topological polar surface area (TPSA) is 78.0 Å². The van der Waals surface area contributed by atoms with Crippen molar-refractivity contribution in [2.45, 2.75) is 13.1 Å². The predicted octanol–water partition coefficient (Wildman–Crippen LogP) is 0.341. The number of ether oxygens (including phenoxy) is 1. The standard InChI is InChI=1S/C19H17N5O2.ClH/c1-2-7-16(8-3-1)24-19(21-22-23-24)26-17-9-4-6-15(12-17)13-20-14-18-10-5-11-25-18;/h1-12,20H,13-14H2;1H/p-1. The number of furan rings is 1. The summed E-state index contributed by atoms with van der Waals surface area (Å²) in [7, 11) is 0. The van der Waals surface area contributed by atoms with Crippen molar-refractivity contribution in [2.75, 3.05) is 0 Å². The first-order valence-corrected chi connectivity index (χ1v) is 8.22.